The van der Waals surface area contributed by atoms with Crippen LogP contribution >= 0.6 is 0 Å². The van der Waals surface area contributed by atoms with Gasteiger partial charge >= 0.3 is 0 Å². The Hall–Kier alpha value is -1.35. The molecule has 102 valence electrons. The normalized spacial score (nSPS) is 22.7. The first-order valence-corrected chi connectivity index (χ1v) is 7.30. The van der Waals surface area contributed by atoms with Crippen LogP contribution in [0.15, 0.2) is 18.2 Å². The number of hydrogen-bond donors (Lipinski definition) is 1. The Kier molecular flexibility index (Phi) is 3.56. The lowest BCUT2D eigenvalue weighted by atomic mass is 10.0. The number of nitrogens with one attached hydrogen (secondary N) is 1. The molecule has 1 aromatic rings. The minimum absolute atomic E-state index is 0.274. The van der Waals surface area contributed by atoms with E-state index < -0.39 is 0 Å². The van der Waals surface area contributed by atoms with Crippen LogP contribution in [0.2, 0.25) is 0 Å². The van der Waals surface area contributed by atoms with Crippen LogP contribution in [0.5, 0.6) is 0 Å². The summed E-state index contributed by atoms with van der Waals surface area (Å²) >= 11 is 0. The Bertz CT molecular complexity index is 484. The molecule has 3 nitrogen and oxygen atoms in total. The van der Waals surface area contributed by atoms with Crippen LogP contribution < -0.4 is 5.32 Å². The third-order valence-corrected chi connectivity index (χ3v) is 4.38. The molecular formula is C16H22N2O. The van der Waals surface area contributed by atoms with Crippen LogP contribution in [-0.2, 0) is 24.2 Å². The number of aryl methyl sites for hydroxylation is 2. The second-order valence-corrected chi connectivity index (χ2v) is 5.85. The highest BCUT2D eigenvalue weighted by atomic mass is 16.2. The fourth-order valence-corrected chi connectivity index (χ4v) is 3.18. The first-order chi connectivity index (χ1) is 9.22. The summed E-state index contributed by atoms with van der Waals surface area (Å²) in [5.74, 6) is 0.274. The van der Waals surface area contributed by atoms with E-state index in [0.717, 1.165) is 19.5 Å². The van der Waals surface area contributed by atoms with Crippen molar-refractivity contribution < 1.29 is 4.79 Å². The minimum Gasteiger partial charge on any atom is -0.344 e. The smallest absolute Gasteiger partial charge is 0.222 e. The lowest BCUT2D eigenvalue weighted by Gasteiger charge is -2.30. The number of amides is 1. The van der Waals surface area contributed by atoms with Gasteiger partial charge in [0, 0.05) is 32.6 Å². The van der Waals surface area contributed by atoms with Gasteiger partial charge in [0.25, 0.3) is 0 Å². The molecule has 1 N–H and O–H groups in total. The first-order valence-electron chi connectivity index (χ1n) is 7.30. The molecule has 0 bridgehead atoms. The first kappa shape index (κ1) is 12.7. The van der Waals surface area contributed by atoms with Crippen molar-refractivity contribution in [3.63, 3.8) is 0 Å². The van der Waals surface area contributed by atoms with E-state index >= 15 is 0 Å². The van der Waals surface area contributed by atoms with Crippen molar-refractivity contribution in [2.75, 3.05) is 13.6 Å². The van der Waals surface area contributed by atoms with E-state index in [9.17, 15) is 4.79 Å². The van der Waals surface area contributed by atoms with Gasteiger partial charge in [-0.2, -0.15) is 0 Å². The average Bonchev–Trinajstić information content (AvgIpc) is 2.87. The van der Waals surface area contributed by atoms with Gasteiger partial charge in [-0.15, -0.1) is 0 Å². The van der Waals surface area contributed by atoms with Gasteiger partial charge in [0.05, 0.1) is 0 Å². The molecule has 1 aromatic carbocycles. The molecule has 3 rings (SSSR count). The maximum absolute atomic E-state index is 11.4. The fraction of sp³-hybridized carbons (Fsp3) is 0.562. The molecule has 0 saturated carbocycles. The standard InChI is InChI=1S/C16H22N2O/c1-18-11-15(7-8-16(18)19)17-10-12-5-6-13-3-2-4-14(13)9-12/h5-6,9,15,17H,2-4,7-8,10-11H2,1H3. The van der Waals surface area contributed by atoms with Gasteiger partial charge in [0.2, 0.25) is 5.91 Å². The number of carbonyl (C=O) groups excluding carboxylic acids is 1. The van der Waals surface area contributed by atoms with Gasteiger partial charge < -0.3 is 10.2 Å². The number of likely N-dealkylation sites (N-methyl/N-ethyl adjacent to an activating group) is 1. The number of likely N-dealkylation sites (tertiary alicyclic amines) is 1. The lowest BCUT2D eigenvalue weighted by molar-refractivity contribution is -0.132. The number of benzene rings is 1. The van der Waals surface area contributed by atoms with E-state index in [-0.39, 0.29) is 5.91 Å². The average molecular weight is 258 g/mol. The molecule has 2 aliphatic rings. The molecule has 1 aliphatic heterocycles. The van der Waals surface area contributed by atoms with E-state index in [1.54, 1.807) is 0 Å². The molecule has 1 unspecified atom stereocenters. The predicted octanol–water partition coefficient (Wildman–Crippen LogP) is 1.89. The summed E-state index contributed by atoms with van der Waals surface area (Å²) in [6.07, 6.45) is 5.44. The second-order valence-electron chi connectivity index (χ2n) is 5.85. The maximum Gasteiger partial charge on any atom is 0.222 e. The van der Waals surface area contributed by atoms with Gasteiger partial charge in [0.15, 0.2) is 0 Å². The third-order valence-electron chi connectivity index (χ3n) is 4.38. The van der Waals surface area contributed by atoms with Gasteiger partial charge in [-0.3, -0.25) is 4.79 Å². The highest BCUT2D eigenvalue weighted by Crippen LogP contribution is 2.23. The van der Waals surface area contributed by atoms with Crippen LogP contribution in [0.4, 0.5) is 0 Å². The summed E-state index contributed by atoms with van der Waals surface area (Å²) in [4.78, 5) is 13.3. The van der Waals surface area contributed by atoms with Crippen LogP contribution in [0.3, 0.4) is 0 Å². The number of carbonyl (C=O) groups is 1. The summed E-state index contributed by atoms with van der Waals surface area (Å²) in [5.41, 5.74) is 4.45. The minimum atomic E-state index is 0.274. The van der Waals surface area contributed by atoms with Gasteiger partial charge in [-0.1, -0.05) is 18.2 Å². The van der Waals surface area contributed by atoms with Gasteiger partial charge in [0.1, 0.15) is 0 Å². The monoisotopic (exact) mass is 258 g/mol. The number of piperidine rings is 1. The second kappa shape index (κ2) is 5.33. The molecular weight excluding hydrogens is 236 g/mol. The van der Waals surface area contributed by atoms with Crippen LogP contribution in [0.25, 0.3) is 0 Å². The van der Waals surface area contributed by atoms with E-state index in [4.69, 9.17) is 0 Å². The summed E-state index contributed by atoms with van der Waals surface area (Å²) in [5, 5.41) is 3.59. The Balaban J connectivity index is 1.56. The van der Waals surface area contributed by atoms with Crippen molar-refractivity contribution in [2.45, 2.75) is 44.7 Å². The third kappa shape index (κ3) is 2.81. The Morgan fingerprint density at radius 1 is 1.26 bits per heavy atom. The highest BCUT2D eigenvalue weighted by Gasteiger charge is 2.22. The van der Waals surface area contributed by atoms with E-state index in [1.165, 1.54) is 36.0 Å². The lowest BCUT2D eigenvalue weighted by Crippen LogP contribution is -2.46. The molecule has 0 radical (unpaired) electrons. The van der Waals surface area contributed by atoms with Crippen molar-refractivity contribution >= 4 is 5.91 Å². The van der Waals surface area contributed by atoms with E-state index in [0.29, 0.717) is 12.5 Å². The molecule has 1 saturated heterocycles. The summed E-state index contributed by atoms with van der Waals surface area (Å²) in [7, 11) is 1.89. The number of fused-ring (bicyclic) bond motifs is 1. The van der Waals surface area contributed by atoms with Crippen LogP contribution in [-0.4, -0.2) is 30.4 Å². The summed E-state index contributed by atoms with van der Waals surface area (Å²) < 4.78 is 0. The molecule has 19 heavy (non-hydrogen) atoms. The maximum atomic E-state index is 11.4. The molecule has 1 aliphatic carbocycles. The molecule has 1 heterocycles. The Labute approximate surface area is 115 Å². The van der Waals surface area contributed by atoms with Crippen LogP contribution in [0.1, 0.15) is 36.0 Å². The SMILES string of the molecule is CN1CC(NCc2ccc3c(c2)CCC3)CCC1=O. The predicted molar refractivity (Wildman–Crippen MR) is 76.0 cm³/mol. The number of nitrogens with zero attached hydrogens (tertiary/aromatic N) is 1. The Morgan fingerprint density at radius 2 is 2.11 bits per heavy atom. The van der Waals surface area contributed by atoms with E-state index in [1.807, 2.05) is 11.9 Å². The number of rotatable bonds is 3. The molecule has 0 aromatic heterocycles. The number of hydrogen-bond acceptors (Lipinski definition) is 2. The fourth-order valence-electron chi connectivity index (χ4n) is 3.18. The zero-order valence-corrected chi connectivity index (χ0v) is 11.6. The van der Waals surface area contributed by atoms with Gasteiger partial charge in [-0.05, 0) is 42.4 Å². The van der Waals surface area contributed by atoms with Crippen molar-refractivity contribution in [3.8, 4) is 0 Å². The largest absolute Gasteiger partial charge is 0.344 e. The molecule has 1 atom stereocenters. The zero-order chi connectivity index (χ0) is 13.2. The van der Waals surface area contributed by atoms with Crippen molar-refractivity contribution in [2.24, 2.45) is 0 Å². The topological polar surface area (TPSA) is 32.3 Å². The highest BCUT2D eigenvalue weighted by molar-refractivity contribution is 5.76. The molecule has 1 amide bonds. The zero-order valence-electron chi connectivity index (χ0n) is 11.6. The Morgan fingerprint density at radius 3 is 2.95 bits per heavy atom. The molecule has 1 fully saturated rings. The summed E-state index contributed by atoms with van der Waals surface area (Å²) in [6, 6.07) is 7.33. The quantitative estimate of drug-likeness (QED) is 0.898. The van der Waals surface area contributed by atoms with Crippen molar-refractivity contribution in [1.82, 2.24) is 10.2 Å². The summed E-state index contributed by atoms with van der Waals surface area (Å²) in [6.45, 7) is 1.75. The van der Waals surface area contributed by atoms with Crippen molar-refractivity contribution in [3.05, 3.63) is 34.9 Å². The van der Waals surface area contributed by atoms with Crippen molar-refractivity contribution in [1.29, 1.82) is 0 Å². The molecule has 3 heteroatoms. The van der Waals surface area contributed by atoms with Crippen LogP contribution in [0, 0.1) is 0 Å². The van der Waals surface area contributed by atoms with E-state index in [2.05, 4.69) is 23.5 Å². The van der Waals surface area contributed by atoms with Gasteiger partial charge in [-0.25, -0.2) is 0 Å². The molecule has 0 spiro atoms.